The highest BCUT2D eigenvalue weighted by Crippen LogP contribution is 2.20. The molecule has 0 aromatic carbocycles. The second kappa shape index (κ2) is 7.61. The lowest BCUT2D eigenvalue weighted by Crippen LogP contribution is -2.58. The number of pyridine rings is 1. The van der Waals surface area contributed by atoms with E-state index >= 15 is 0 Å². The number of ether oxygens (including phenoxy) is 1. The third kappa shape index (κ3) is 4.80. The molecule has 1 aliphatic rings. The van der Waals surface area contributed by atoms with E-state index in [0.717, 1.165) is 26.2 Å². The van der Waals surface area contributed by atoms with E-state index in [9.17, 15) is 4.79 Å². The van der Waals surface area contributed by atoms with Crippen molar-refractivity contribution in [2.24, 2.45) is 0 Å². The number of nitrogens with one attached hydrogen (secondary N) is 2. The van der Waals surface area contributed by atoms with Crippen LogP contribution in [0.15, 0.2) is 18.3 Å². The van der Waals surface area contributed by atoms with Crippen molar-refractivity contribution in [1.82, 2.24) is 20.1 Å². The fourth-order valence-corrected chi connectivity index (χ4v) is 2.64. The Labute approximate surface area is 138 Å². The summed E-state index contributed by atoms with van der Waals surface area (Å²) >= 11 is 0. The average Bonchev–Trinajstić information content (AvgIpc) is 2.54. The number of piperazine rings is 1. The number of carbonyl (C=O) groups excluding carboxylic acids is 1. The largest absolute Gasteiger partial charge is 0.480 e. The standard InChI is InChI=1S/C16H27N5O2/c1-16(2,21-10-8-20(3)9-11-21)12-18-15(22)19-13-6-5-7-17-14(13)23-4/h5-7H,8-12H2,1-4H3,(H2,18,19,22). The van der Waals surface area contributed by atoms with Gasteiger partial charge in [0.05, 0.1) is 7.11 Å². The molecule has 0 atom stereocenters. The highest BCUT2D eigenvalue weighted by Gasteiger charge is 2.29. The Morgan fingerprint density at radius 2 is 2.04 bits per heavy atom. The number of amides is 2. The fourth-order valence-electron chi connectivity index (χ4n) is 2.64. The Hall–Kier alpha value is -1.86. The van der Waals surface area contributed by atoms with Gasteiger partial charge in [0.25, 0.3) is 0 Å². The van der Waals surface area contributed by atoms with Gasteiger partial charge >= 0.3 is 6.03 Å². The molecule has 0 saturated carbocycles. The van der Waals surface area contributed by atoms with Crippen molar-refractivity contribution in [3.63, 3.8) is 0 Å². The van der Waals surface area contributed by atoms with Crippen LogP contribution in [0.25, 0.3) is 0 Å². The first-order valence-electron chi connectivity index (χ1n) is 7.90. The number of anilines is 1. The molecule has 1 saturated heterocycles. The maximum absolute atomic E-state index is 12.1. The van der Waals surface area contributed by atoms with Crippen LogP contribution in [0.2, 0.25) is 0 Å². The molecule has 2 amide bonds. The number of aromatic nitrogens is 1. The number of nitrogens with zero attached hydrogens (tertiary/aromatic N) is 3. The van der Waals surface area contributed by atoms with E-state index in [1.807, 2.05) is 0 Å². The molecule has 2 heterocycles. The normalized spacial score (nSPS) is 16.9. The van der Waals surface area contributed by atoms with Crippen molar-refractivity contribution < 1.29 is 9.53 Å². The van der Waals surface area contributed by atoms with Crippen LogP contribution in [0.5, 0.6) is 5.88 Å². The minimum Gasteiger partial charge on any atom is -0.480 e. The summed E-state index contributed by atoms with van der Waals surface area (Å²) in [5.41, 5.74) is 0.474. The molecule has 1 aromatic heterocycles. The van der Waals surface area contributed by atoms with E-state index in [2.05, 4.69) is 46.3 Å². The predicted molar refractivity (Wildman–Crippen MR) is 91.0 cm³/mol. The van der Waals surface area contributed by atoms with Crippen LogP contribution in [0.1, 0.15) is 13.8 Å². The highest BCUT2D eigenvalue weighted by molar-refractivity contribution is 5.90. The molecule has 1 aromatic rings. The molecule has 2 rings (SSSR count). The Bertz CT molecular complexity index is 527. The van der Waals surface area contributed by atoms with E-state index in [-0.39, 0.29) is 11.6 Å². The topological polar surface area (TPSA) is 69.7 Å². The summed E-state index contributed by atoms with van der Waals surface area (Å²) in [5, 5.41) is 5.72. The molecule has 0 bridgehead atoms. The summed E-state index contributed by atoms with van der Waals surface area (Å²) < 4.78 is 5.13. The molecular weight excluding hydrogens is 294 g/mol. The van der Waals surface area contributed by atoms with E-state index in [4.69, 9.17) is 4.74 Å². The smallest absolute Gasteiger partial charge is 0.319 e. The maximum Gasteiger partial charge on any atom is 0.319 e. The van der Waals surface area contributed by atoms with Gasteiger partial charge in [0.2, 0.25) is 5.88 Å². The zero-order valence-electron chi connectivity index (χ0n) is 14.4. The minimum absolute atomic E-state index is 0.0857. The summed E-state index contributed by atoms with van der Waals surface area (Å²) in [6, 6.07) is 3.27. The molecule has 0 aliphatic carbocycles. The quantitative estimate of drug-likeness (QED) is 0.854. The summed E-state index contributed by atoms with van der Waals surface area (Å²) in [7, 11) is 3.67. The van der Waals surface area contributed by atoms with Gasteiger partial charge in [-0.2, -0.15) is 0 Å². The van der Waals surface area contributed by atoms with Crippen LogP contribution in [0.3, 0.4) is 0 Å². The zero-order valence-corrected chi connectivity index (χ0v) is 14.4. The molecule has 2 N–H and O–H groups in total. The Kier molecular flexibility index (Phi) is 5.79. The minimum atomic E-state index is -0.251. The van der Waals surface area contributed by atoms with E-state index in [1.165, 1.54) is 7.11 Å². The monoisotopic (exact) mass is 321 g/mol. The molecule has 0 spiro atoms. The van der Waals surface area contributed by atoms with Gasteiger partial charge in [-0.25, -0.2) is 9.78 Å². The van der Waals surface area contributed by atoms with Gasteiger partial charge in [-0.3, -0.25) is 4.90 Å². The van der Waals surface area contributed by atoms with Gasteiger partial charge in [0.15, 0.2) is 0 Å². The number of hydrogen-bond acceptors (Lipinski definition) is 5. The van der Waals surface area contributed by atoms with Crippen molar-refractivity contribution in [3.05, 3.63) is 18.3 Å². The van der Waals surface area contributed by atoms with Crippen LogP contribution < -0.4 is 15.4 Å². The Balaban J connectivity index is 1.85. The Morgan fingerprint density at radius 3 is 2.70 bits per heavy atom. The lowest BCUT2D eigenvalue weighted by atomic mass is 10.0. The van der Waals surface area contributed by atoms with Crippen LogP contribution in [0.4, 0.5) is 10.5 Å². The first kappa shape index (κ1) is 17.5. The van der Waals surface area contributed by atoms with Crippen molar-refractivity contribution in [1.29, 1.82) is 0 Å². The van der Waals surface area contributed by atoms with Crippen LogP contribution in [0, 0.1) is 0 Å². The fraction of sp³-hybridized carbons (Fsp3) is 0.625. The highest BCUT2D eigenvalue weighted by atomic mass is 16.5. The van der Waals surface area contributed by atoms with Gasteiger partial charge in [-0.1, -0.05) is 0 Å². The molecular formula is C16H27N5O2. The van der Waals surface area contributed by atoms with Crippen LogP contribution in [-0.2, 0) is 0 Å². The van der Waals surface area contributed by atoms with Gasteiger partial charge in [-0.05, 0) is 33.0 Å². The van der Waals surface area contributed by atoms with Gasteiger partial charge < -0.3 is 20.3 Å². The number of likely N-dealkylation sites (N-methyl/N-ethyl adjacent to an activating group) is 1. The first-order chi connectivity index (χ1) is 10.9. The number of carbonyl (C=O) groups is 1. The molecule has 0 radical (unpaired) electrons. The van der Waals surface area contributed by atoms with Crippen LogP contribution >= 0.6 is 0 Å². The lowest BCUT2D eigenvalue weighted by Gasteiger charge is -2.43. The first-order valence-corrected chi connectivity index (χ1v) is 7.90. The van der Waals surface area contributed by atoms with Crippen molar-refractivity contribution in [2.45, 2.75) is 19.4 Å². The summed E-state index contributed by atoms with van der Waals surface area (Å²) in [6.45, 7) is 9.04. The lowest BCUT2D eigenvalue weighted by molar-refractivity contribution is 0.0636. The summed E-state index contributed by atoms with van der Waals surface area (Å²) in [6.07, 6.45) is 1.62. The predicted octanol–water partition coefficient (Wildman–Crippen LogP) is 1.24. The van der Waals surface area contributed by atoms with E-state index < -0.39 is 0 Å². The number of hydrogen-bond donors (Lipinski definition) is 2. The molecule has 1 aliphatic heterocycles. The van der Waals surface area contributed by atoms with E-state index in [0.29, 0.717) is 18.1 Å². The molecule has 0 unspecified atom stereocenters. The van der Waals surface area contributed by atoms with E-state index in [1.54, 1.807) is 18.3 Å². The number of rotatable bonds is 5. The van der Waals surface area contributed by atoms with Crippen LogP contribution in [-0.4, -0.2) is 73.2 Å². The summed E-state index contributed by atoms with van der Waals surface area (Å²) in [5.74, 6) is 0.404. The molecule has 23 heavy (non-hydrogen) atoms. The molecule has 7 nitrogen and oxygen atoms in total. The van der Waals surface area contributed by atoms with Gasteiger partial charge in [0, 0.05) is 44.5 Å². The number of methoxy groups -OCH3 is 1. The maximum atomic E-state index is 12.1. The van der Waals surface area contributed by atoms with Crippen molar-refractivity contribution in [3.8, 4) is 5.88 Å². The van der Waals surface area contributed by atoms with Gasteiger partial charge in [0.1, 0.15) is 5.69 Å². The third-order valence-corrected chi connectivity index (χ3v) is 4.25. The number of urea groups is 1. The zero-order chi connectivity index (χ0) is 16.9. The van der Waals surface area contributed by atoms with Crippen molar-refractivity contribution in [2.75, 3.05) is 52.2 Å². The summed E-state index contributed by atoms with van der Waals surface area (Å²) in [4.78, 5) is 20.9. The SMILES string of the molecule is COc1ncccc1NC(=O)NCC(C)(C)N1CCN(C)CC1. The molecule has 128 valence electrons. The third-order valence-electron chi connectivity index (χ3n) is 4.25. The molecule has 1 fully saturated rings. The Morgan fingerprint density at radius 1 is 1.35 bits per heavy atom. The molecule has 7 heteroatoms. The van der Waals surface area contributed by atoms with Gasteiger partial charge in [-0.15, -0.1) is 0 Å². The second-order valence-electron chi connectivity index (χ2n) is 6.47. The average molecular weight is 321 g/mol. The second-order valence-corrected chi connectivity index (χ2v) is 6.47. The van der Waals surface area contributed by atoms with Crippen molar-refractivity contribution >= 4 is 11.7 Å².